The molecule has 1 aromatic rings. The highest BCUT2D eigenvalue weighted by atomic mass is 79.9. The normalized spacial score (nSPS) is 10.1. The van der Waals surface area contributed by atoms with E-state index < -0.39 is 11.6 Å². The van der Waals surface area contributed by atoms with Gasteiger partial charge in [0.15, 0.2) is 0 Å². The molecule has 0 nitrogen and oxygen atoms in total. The third-order valence-electron chi connectivity index (χ3n) is 1.70. The average Bonchev–Trinajstić information content (AvgIpc) is 2.02. The van der Waals surface area contributed by atoms with E-state index in [4.69, 9.17) is 0 Å². The summed E-state index contributed by atoms with van der Waals surface area (Å²) in [5, 5.41) is 0. The van der Waals surface area contributed by atoms with Crippen LogP contribution in [0.3, 0.4) is 0 Å². The lowest BCUT2D eigenvalue weighted by Gasteiger charge is -2.03. The first-order chi connectivity index (χ1) is 6.15. The Kier molecular flexibility index (Phi) is 3.60. The fourth-order valence-corrected chi connectivity index (χ4v) is 1.46. The maximum atomic E-state index is 13.1. The Morgan fingerprint density at radius 1 is 1.31 bits per heavy atom. The molecule has 0 saturated heterocycles. The molecule has 0 radical (unpaired) electrons. The topological polar surface area (TPSA) is 0 Å². The molecule has 0 heterocycles. The molecular formula is C10H9BrF2. The van der Waals surface area contributed by atoms with E-state index in [1.807, 2.05) is 0 Å². The van der Waals surface area contributed by atoms with Crippen LogP contribution in [0.25, 0.3) is 0 Å². The van der Waals surface area contributed by atoms with E-state index in [0.717, 1.165) is 0 Å². The van der Waals surface area contributed by atoms with Gasteiger partial charge in [-0.05, 0) is 25.0 Å². The smallest absolute Gasteiger partial charge is 0.130 e. The van der Waals surface area contributed by atoms with Crippen molar-refractivity contribution in [3.05, 3.63) is 46.5 Å². The van der Waals surface area contributed by atoms with Gasteiger partial charge >= 0.3 is 0 Å². The van der Waals surface area contributed by atoms with Crippen molar-refractivity contribution in [2.24, 2.45) is 0 Å². The molecule has 0 aliphatic rings. The van der Waals surface area contributed by atoms with E-state index in [2.05, 4.69) is 22.5 Å². The highest BCUT2D eigenvalue weighted by Crippen LogP contribution is 2.20. The second-order valence-electron chi connectivity index (χ2n) is 2.68. The predicted octanol–water partition coefficient (Wildman–Crippen LogP) is 3.85. The Labute approximate surface area is 84.4 Å². The molecule has 0 saturated carbocycles. The van der Waals surface area contributed by atoms with Gasteiger partial charge in [0.25, 0.3) is 0 Å². The van der Waals surface area contributed by atoms with Crippen molar-refractivity contribution in [2.75, 3.05) is 0 Å². The van der Waals surface area contributed by atoms with Crippen LogP contribution in [0.2, 0.25) is 0 Å². The van der Waals surface area contributed by atoms with Gasteiger partial charge in [0, 0.05) is 10.0 Å². The number of hydrogen-bond donors (Lipinski definition) is 0. The Bertz CT molecular complexity index is 298. The number of benzene rings is 1. The van der Waals surface area contributed by atoms with Crippen molar-refractivity contribution in [2.45, 2.75) is 12.8 Å². The van der Waals surface area contributed by atoms with Gasteiger partial charge in [-0.3, -0.25) is 0 Å². The molecule has 0 aliphatic carbocycles. The number of hydrogen-bond acceptors (Lipinski definition) is 0. The summed E-state index contributed by atoms with van der Waals surface area (Å²) in [6, 6.07) is 2.53. The summed E-state index contributed by atoms with van der Waals surface area (Å²) in [6.45, 7) is 3.50. The number of rotatable bonds is 3. The fraction of sp³-hybridized carbons (Fsp3) is 0.200. The lowest BCUT2D eigenvalue weighted by molar-refractivity contribution is 0.554. The zero-order valence-corrected chi connectivity index (χ0v) is 8.57. The van der Waals surface area contributed by atoms with E-state index in [-0.39, 0.29) is 5.56 Å². The van der Waals surface area contributed by atoms with Crippen molar-refractivity contribution in [3.8, 4) is 0 Å². The molecule has 0 fully saturated rings. The summed E-state index contributed by atoms with van der Waals surface area (Å²) in [6.07, 6.45) is 2.57. The van der Waals surface area contributed by atoms with E-state index in [0.29, 0.717) is 17.3 Å². The van der Waals surface area contributed by atoms with Crippen molar-refractivity contribution in [3.63, 3.8) is 0 Å². The van der Waals surface area contributed by atoms with Gasteiger partial charge in [0.2, 0.25) is 0 Å². The molecule has 0 spiro atoms. The Morgan fingerprint density at radius 2 is 1.85 bits per heavy atom. The molecule has 13 heavy (non-hydrogen) atoms. The molecule has 0 aromatic heterocycles. The summed E-state index contributed by atoms with van der Waals surface area (Å²) in [5.74, 6) is -1.01. The molecule has 1 rings (SSSR count). The molecular weight excluding hydrogens is 238 g/mol. The summed E-state index contributed by atoms with van der Waals surface area (Å²) < 4.78 is 26.7. The first-order valence-electron chi connectivity index (χ1n) is 3.89. The minimum atomic E-state index is -0.506. The van der Waals surface area contributed by atoms with Crippen LogP contribution in [-0.4, -0.2) is 0 Å². The van der Waals surface area contributed by atoms with Gasteiger partial charge in [-0.25, -0.2) is 8.78 Å². The Hall–Kier alpha value is -0.700. The average molecular weight is 247 g/mol. The van der Waals surface area contributed by atoms with E-state index in [1.165, 1.54) is 12.1 Å². The van der Waals surface area contributed by atoms with Crippen LogP contribution in [0.15, 0.2) is 29.3 Å². The zero-order chi connectivity index (χ0) is 9.84. The summed E-state index contributed by atoms with van der Waals surface area (Å²) >= 11 is 3.02. The van der Waals surface area contributed by atoms with E-state index in [1.54, 1.807) is 6.08 Å². The third-order valence-corrected chi connectivity index (χ3v) is 2.16. The third kappa shape index (κ3) is 2.62. The van der Waals surface area contributed by atoms with Crippen LogP contribution >= 0.6 is 15.9 Å². The van der Waals surface area contributed by atoms with Crippen LogP contribution < -0.4 is 0 Å². The molecule has 0 N–H and O–H groups in total. The largest absolute Gasteiger partial charge is 0.207 e. The van der Waals surface area contributed by atoms with Gasteiger partial charge in [-0.15, -0.1) is 6.58 Å². The second kappa shape index (κ2) is 4.51. The van der Waals surface area contributed by atoms with Gasteiger partial charge in [-0.2, -0.15) is 0 Å². The minimum Gasteiger partial charge on any atom is -0.207 e. The lowest BCUT2D eigenvalue weighted by Crippen LogP contribution is -1.95. The second-order valence-corrected chi connectivity index (χ2v) is 3.59. The fourth-order valence-electron chi connectivity index (χ4n) is 1.06. The molecule has 0 bridgehead atoms. The number of halogens is 3. The molecule has 0 amide bonds. The van der Waals surface area contributed by atoms with Crippen molar-refractivity contribution < 1.29 is 8.78 Å². The van der Waals surface area contributed by atoms with Crippen molar-refractivity contribution >= 4 is 15.9 Å². The summed E-state index contributed by atoms with van der Waals surface area (Å²) in [4.78, 5) is 0. The molecule has 0 atom stereocenters. The molecule has 1 aromatic carbocycles. The predicted molar refractivity (Wildman–Crippen MR) is 52.6 cm³/mol. The highest BCUT2D eigenvalue weighted by Gasteiger charge is 2.08. The molecule has 70 valence electrons. The number of allylic oxidation sites excluding steroid dienone is 1. The van der Waals surface area contributed by atoms with Crippen LogP contribution in [-0.2, 0) is 6.42 Å². The van der Waals surface area contributed by atoms with Crippen molar-refractivity contribution in [1.82, 2.24) is 0 Å². The van der Waals surface area contributed by atoms with Gasteiger partial charge in [-0.1, -0.05) is 22.0 Å². The standard InChI is InChI=1S/C10H9BrF2/c1-2-3-4-8-9(12)5-7(11)6-10(8)13/h2,5-6H,1,3-4H2. The van der Waals surface area contributed by atoms with Crippen LogP contribution in [0, 0.1) is 11.6 Å². The van der Waals surface area contributed by atoms with E-state index >= 15 is 0 Å². The molecule has 3 heteroatoms. The minimum absolute atomic E-state index is 0.128. The monoisotopic (exact) mass is 246 g/mol. The summed E-state index contributed by atoms with van der Waals surface area (Å²) in [7, 11) is 0. The van der Waals surface area contributed by atoms with Gasteiger partial charge in [0.1, 0.15) is 11.6 Å². The summed E-state index contributed by atoms with van der Waals surface area (Å²) in [5.41, 5.74) is 0.128. The van der Waals surface area contributed by atoms with Gasteiger partial charge in [0.05, 0.1) is 0 Å². The molecule has 0 aliphatic heterocycles. The lowest BCUT2D eigenvalue weighted by atomic mass is 10.1. The van der Waals surface area contributed by atoms with Crippen LogP contribution in [0.4, 0.5) is 8.78 Å². The maximum Gasteiger partial charge on any atom is 0.130 e. The quantitative estimate of drug-likeness (QED) is 0.711. The molecule has 0 unspecified atom stereocenters. The first kappa shape index (κ1) is 10.4. The van der Waals surface area contributed by atoms with E-state index in [9.17, 15) is 8.78 Å². The first-order valence-corrected chi connectivity index (χ1v) is 4.68. The van der Waals surface area contributed by atoms with Crippen molar-refractivity contribution in [1.29, 1.82) is 0 Å². The maximum absolute atomic E-state index is 13.1. The Balaban J connectivity index is 2.98. The van der Waals surface area contributed by atoms with Crippen LogP contribution in [0.5, 0.6) is 0 Å². The highest BCUT2D eigenvalue weighted by molar-refractivity contribution is 9.10. The van der Waals surface area contributed by atoms with Crippen LogP contribution in [0.1, 0.15) is 12.0 Å². The van der Waals surface area contributed by atoms with Gasteiger partial charge < -0.3 is 0 Å². The Morgan fingerprint density at radius 3 is 2.31 bits per heavy atom. The SMILES string of the molecule is C=CCCc1c(F)cc(Br)cc1F. The zero-order valence-electron chi connectivity index (χ0n) is 6.99.